The second-order valence-electron chi connectivity index (χ2n) is 3.86. The largest absolute Gasteiger partial charge is 0.394 e. The van der Waals surface area contributed by atoms with Crippen LogP contribution in [0.1, 0.15) is 0 Å². The van der Waals surface area contributed by atoms with Crippen molar-refractivity contribution in [3.05, 3.63) is 0 Å². The van der Waals surface area contributed by atoms with E-state index in [-0.39, 0.29) is 6.29 Å². The summed E-state index contributed by atoms with van der Waals surface area (Å²) >= 11 is 0. The molecule has 10 heteroatoms. The van der Waals surface area contributed by atoms with Gasteiger partial charge in [-0.3, -0.25) is 0 Å². The van der Waals surface area contributed by atoms with Crippen LogP contribution in [0.3, 0.4) is 0 Å². The predicted molar refractivity (Wildman–Crippen MR) is 63.4 cm³/mol. The van der Waals surface area contributed by atoms with E-state index >= 15 is 0 Å². The van der Waals surface area contributed by atoms with Crippen LogP contribution in [0.2, 0.25) is 0 Å². The Morgan fingerprint density at radius 3 is 1.20 bits per heavy atom. The summed E-state index contributed by atoms with van der Waals surface area (Å²) in [5, 5.41) is 76.6. The van der Waals surface area contributed by atoms with Gasteiger partial charge in [-0.25, -0.2) is 0 Å². The fourth-order valence-electron chi connectivity index (χ4n) is 0.889. The first kappa shape index (κ1) is 21.6. The quantitative estimate of drug-likeness (QED) is 0.195. The zero-order chi connectivity index (χ0) is 16.3. The molecule has 0 spiro atoms. The van der Waals surface area contributed by atoms with Gasteiger partial charge in [0.15, 0.2) is 6.29 Å². The average molecular weight is 302 g/mol. The molecule has 0 bridgehead atoms. The Kier molecular flexibility index (Phi) is 13.1. The summed E-state index contributed by atoms with van der Waals surface area (Å²) in [6.45, 7) is -1.97. The molecule has 9 N–H and O–H groups in total. The first-order valence-electron chi connectivity index (χ1n) is 5.62. The van der Waals surface area contributed by atoms with Crippen molar-refractivity contribution in [3.8, 4) is 0 Å². The Labute approximate surface area is 114 Å². The minimum atomic E-state index is -1.64. The van der Waals surface area contributed by atoms with Crippen LogP contribution in [-0.2, 0) is 4.79 Å². The number of rotatable bonds is 8. The molecule has 0 heterocycles. The molecular weight excluding hydrogens is 280 g/mol. The maximum absolute atomic E-state index is 9.76. The van der Waals surface area contributed by atoms with Crippen molar-refractivity contribution in [2.45, 2.75) is 36.6 Å². The van der Waals surface area contributed by atoms with Crippen molar-refractivity contribution in [3.63, 3.8) is 0 Å². The highest BCUT2D eigenvalue weighted by Gasteiger charge is 2.23. The van der Waals surface area contributed by atoms with Crippen LogP contribution < -0.4 is 0 Å². The lowest BCUT2D eigenvalue weighted by molar-refractivity contribution is -0.127. The molecule has 0 unspecified atom stereocenters. The van der Waals surface area contributed by atoms with Crippen LogP contribution in [-0.4, -0.2) is 109 Å². The summed E-state index contributed by atoms with van der Waals surface area (Å²) in [7, 11) is 0. The third kappa shape index (κ3) is 8.47. The molecule has 0 fully saturated rings. The van der Waals surface area contributed by atoms with E-state index in [1.165, 1.54) is 0 Å². The van der Waals surface area contributed by atoms with Crippen molar-refractivity contribution in [2.24, 2.45) is 0 Å². The highest BCUT2D eigenvalue weighted by Crippen LogP contribution is 1.98. The van der Waals surface area contributed by atoms with E-state index in [9.17, 15) is 4.79 Å². The Hall–Kier alpha value is -0.690. The number of aldehydes is 1. The topological polar surface area (TPSA) is 199 Å². The molecule has 0 saturated heterocycles. The van der Waals surface area contributed by atoms with Crippen LogP contribution in [0.5, 0.6) is 0 Å². The van der Waals surface area contributed by atoms with E-state index in [2.05, 4.69) is 0 Å². The molecule has 20 heavy (non-hydrogen) atoms. The summed E-state index contributed by atoms with van der Waals surface area (Å²) < 4.78 is 0. The Morgan fingerprint density at radius 2 is 0.950 bits per heavy atom. The van der Waals surface area contributed by atoms with Gasteiger partial charge in [0.25, 0.3) is 0 Å². The average Bonchev–Trinajstić information content (AvgIpc) is 2.50. The third-order valence-corrected chi connectivity index (χ3v) is 2.23. The van der Waals surface area contributed by atoms with E-state index in [1.54, 1.807) is 0 Å². The Bertz CT molecular complexity index is 228. The van der Waals surface area contributed by atoms with E-state index < -0.39 is 56.4 Å². The van der Waals surface area contributed by atoms with Crippen molar-refractivity contribution < 1.29 is 50.8 Å². The van der Waals surface area contributed by atoms with Crippen LogP contribution in [0.4, 0.5) is 0 Å². The van der Waals surface area contributed by atoms with Crippen LogP contribution in [0, 0.1) is 0 Å². The maximum Gasteiger partial charge on any atom is 0.151 e. The summed E-state index contributed by atoms with van der Waals surface area (Å²) in [5.74, 6) is 0. The third-order valence-electron chi connectivity index (χ3n) is 2.23. The number of carbonyl (C=O) groups is 1. The van der Waals surface area contributed by atoms with E-state index in [4.69, 9.17) is 46.0 Å². The monoisotopic (exact) mass is 302 g/mol. The normalized spacial score (nSPS) is 19.9. The number of aliphatic hydroxyl groups is 9. The van der Waals surface area contributed by atoms with Gasteiger partial charge in [-0.1, -0.05) is 0 Å². The summed E-state index contributed by atoms with van der Waals surface area (Å²) in [4.78, 5) is 9.76. The van der Waals surface area contributed by atoms with Gasteiger partial charge in [0.2, 0.25) is 0 Å². The zero-order valence-electron chi connectivity index (χ0n) is 10.6. The van der Waals surface area contributed by atoms with Crippen molar-refractivity contribution in [1.29, 1.82) is 0 Å². The molecule has 10 nitrogen and oxygen atoms in total. The van der Waals surface area contributed by atoms with Crippen LogP contribution >= 0.6 is 0 Å². The van der Waals surface area contributed by atoms with Crippen LogP contribution in [0.25, 0.3) is 0 Å². The Balaban J connectivity index is 0. The Morgan fingerprint density at radius 1 is 0.650 bits per heavy atom. The highest BCUT2D eigenvalue weighted by molar-refractivity contribution is 5.56. The number of hydrogen-bond acceptors (Lipinski definition) is 10. The lowest BCUT2D eigenvalue weighted by Gasteiger charge is -2.19. The lowest BCUT2D eigenvalue weighted by atomic mass is 10.1. The molecule has 0 radical (unpaired) electrons. The minimum Gasteiger partial charge on any atom is -0.394 e. The van der Waals surface area contributed by atoms with Gasteiger partial charge in [-0.2, -0.15) is 0 Å². The van der Waals surface area contributed by atoms with Gasteiger partial charge >= 0.3 is 0 Å². The highest BCUT2D eigenvalue weighted by atomic mass is 16.4. The second-order valence-corrected chi connectivity index (χ2v) is 3.86. The molecule has 0 aliphatic heterocycles. The number of hydrogen-bond donors (Lipinski definition) is 9. The second kappa shape index (κ2) is 12.1. The predicted octanol–water partition coefficient (Wildman–Crippen LogP) is -5.69. The molecule has 0 aromatic rings. The number of aliphatic hydroxyl groups excluding tert-OH is 9. The molecule has 0 aliphatic carbocycles. The number of carbonyl (C=O) groups excluding carboxylic acids is 1. The van der Waals surface area contributed by atoms with Gasteiger partial charge in [-0.15, -0.1) is 0 Å². The molecule has 0 aromatic carbocycles. The molecule has 0 rings (SSSR count). The van der Waals surface area contributed by atoms with Crippen molar-refractivity contribution >= 4 is 6.29 Å². The van der Waals surface area contributed by atoms with Gasteiger partial charge in [0, 0.05) is 0 Å². The van der Waals surface area contributed by atoms with Crippen molar-refractivity contribution in [1.82, 2.24) is 0 Å². The van der Waals surface area contributed by atoms with E-state index in [1.807, 2.05) is 0 Å². The molecule has 0 amide bonds. The molecule has 6 atom stereocenters. The summed E-state index contributed by atoms with van der Waals surface area (Å²) in [6, 6.07) is 0. The van der Waals surface area contributed by atoms with Crippen LogP contribution in [0.15, 0.2) is 0 Å². The van der Waals surface area contributed by atoms with E-state index in [0.717, 1.165) is 0 Å². The van der Waals surface area contributed by atoms with Gasteiger partial charge in [0.1, 0.15) is 36.6 Å². The molecule has 122 valence electrons. The van der Waals surface area contributed by atoms with Gasteiger partial charge < -0.3 is 50.8 Å². The fourth-order valence-corrected chi connectivity index (χ4v) is 0.889. The molecule has 0 aliphatic rings. The smallest absolute Gasteiger partial charge is 0.151 e. The standard InChI is InChI=1S/C5H12O5.C5H10O5/c2*6-1-3(8)5(10)4(9)2-7/h3-10H,1-2H2;1,3-5,7-10H,2H2/t3-,4+,5+;3-,4-,5-/m.1/s1. The maximum atomic E-state index is 9.76. The van der Waals surface area contributed by atoms with Crippen molar-refractivity contribution in [2.75, 3.05) is 19.8 Å². The fraction of sp³-hybridized carbons (Fsp3) is 0.900. The SMILES string of the molecule is O=C[C@@H](O)[C@@H](O)[C@H](O)CO.OC[C@@H](O)[C@H](O)[C@@H](O)CO. The first-order chi connectivity index (χ1) is 9.26. The molecule has 0 saturated carbocycles. The summed E-state index contributed by atoms with van der Waals surface area (Å²) in [5.41, 5.74) is 0. The lowest BCUT2D eigenvalue weighted by Crippen LogP contribution is -2.41. The first-order valence-corrected chi connectivity index (χ1v) is 5.62. The van der Waals surface area contributed by atoms with Gasteiger partial charge in [0.05, 0.1) is 19.8 Å². The molecular formula is C10H22O10. The van der Waals surface area contributed by atoms with Gasteiger partial charge in [-0.05, 0) is 0 Å². The van der Waals surface area contributed by atoms with E-state index in [0.29, 0.717) is 0 Å². The zero-order valence-corrected chi connectivity index (χ0v) is 10.6. The molecule has 0 aromatic heterocycles. The minimum absolute atomic E-state index is 0.0869. The summed E-state index contributed by atoms with van der Waals surface area (Å²) in [6.07, 6.45) is -8.92.